The number of rotatable bonds is 5. The summed E-state index contributed by atoms with van der Waals surface area (Å²) in [6.45, 7) is 4.30. The third-order valence-electron chi connectivity index (χ3n) is 3.62. The van der Waals surface area contributed by atoms with Crippen LogP contribution in [0.15, 0.2) is 0 Å². The first-order valence-corrected chi connectivity index (χ1v) is 5.95. The Kier molecular flexibility index (Phi) is 4.31. The van der Waals surface area contributed by atoms with Gasteiger partial charge in [-0.05, 0) is 31.6 Å². The summed E-state index contributed by atoms with van der Waals surface area (Å²) in [5, 5.41) is 21.0. The van der Waals surface area contributed by atoms with Crippen molar-refractivity contribution in [2.45, 2.75) is 45.6 Å². The first-order chi connectivity index (χ1) is 7.57. The molecule has 0 heterocycles. The third-order valence-corrected chi connectivity index (χ3v) is 3.62. The van der Waals surface area contributed by atoms with E-state index in [9.17, 15) is 4.79 Å². The highest BCUT2D eigenvalue weighted by atomic mass is 16.3. The number of hydrogen-bond acceptors (Lipinski definition) is 3. The van der Waals surface area contributed by atoms with E-state index in [4.69, 9.17) is 10.4 Å². The lowest BCUT2D eigenvalue weighted by Crippen LogP contribution is -2.44. The van der Waals surface area contributed by atoms with Crippen LogP contribution in [0.4, 0.5) is 0 Å². The SMILES string of the molecule is CCC(C#N)(CC)C(=O)NCC1CC(O)C1. The summed E-state index contributed by atoms with van der Waals surface area (Å²) in [6.07, 6.45) is 2.41. The monoisotopic (exact) mass is 224 g/mol. The molecule has 0 aliphatic heterocycles. The minimum atomic E-state index is -0.873. The summed E-state index contributed by atoms with van der Waals surface area (Å²) in [7, 11) is 0. The number of nitriles is 1. The van der Waals surface area contributed by atoms with Crippen LogP contribution in [0.2, 0.25) is 0 Å². The van der Waals surface area contributed by atoms with Crippen molar-refractivity contribution in [3.05, 3.63) is 0 Å². The quantitative estimate of drug-likeness (QED) is 0.737. The fourth-order valence-electron chi connectivity index (χ4n) is 2.05. The highest BCUT2D eigenvalue weighted by Gasteiger charge is 2.36. The van der Waals surface area contributed by atoms with Gasteiger partial charge < -0.3 is 10.4 Å². The number of amides is 1. The van der Waals surface area contributed by atoms with Crippen molar-refractivity contribution in [1.82, 2.24) is 5.32 Å². The molecule has 1 rings (SSSR count). The molecule has 4 heteroatoms. The average molecular weight is 224 g/mol. The molecule has 0 atom stereocenters. The smallest absolute Gasteiger partial charge is 0.240 e. The predicted octanol–water partition coefficient (Wildman–Crippen LogP) is 1.20. The molecule has 0 radical (unpaired) electrons. The number of aliphatic hydroxyl groups excluding tert-OH is 1. The Morgan fingerprint density at radius 1 is 1.50 bits per heavy atom. The molecule has 0 bridgehead atoms. The van der Waals surface area contributed by atoms with E-state index in [1.54, 1.807) is 0 Å². The van der Waals surface area contributed by atoms with Crippen molar-refractivity contribution < 1.29 is 9.90 Å². The van der Waals surface area contributed by atoms with Crippen molar-refractivity contribution in [3.63, 3.8) is 0 Å². The first kappa shape index (κ1) is 13.0. The summed E-state index contributed by atoms with van der Waals surface area (Å²) in [4.78, 5) is 11.9. The number of carbonyl (C=O) groups excluding carboxylic acids is 1. The van der Waals surface area contributed by atoms with Crippen LogP contribution in [0.25, 0.3) is 0 Å². The van der Waals surface area contributed by atoms with Gasteiger partial charge in [0, 0.05) is 6.54 Å². The van der Waals surface area contributed by atoms with E-state index >= 15 is 0 Å². The second kappa shape index (κ2) is 5.31. The largest absolute Gasteiger partial charge is 0.393 e. The predicted molar refractivity (Wildman–Crippen MR) is 60.4 cm³/mol. The molecule has 0 aromatic heterocycles. The normalized spacial score (nSPS) is 24.4. The Morgan fingerprint density at radius 2 is 2.06 bits per heavy atom. The summed E-state index contributed by atoms with van der Waals surface area (Å²) in [5.74, 6) is 0.213. The second-order valence-electron chi connectivity index (χ2n) is 4.60. The van der Waals surface area contributed by atoms with Crippen LogP contribution in [-0.4, -0.2) is 23.7 Å². The van der Waals surface area contributed by atoms with Gasteiger partial charge in [0.1, 0.15) is 5.41 Å². The number of nitrogens with zero attached hydrogens (tertiary/aromatic N) is 1. The number of hydrogen-bond donors (Lipinski definition) is 2. The van der Waals surface area contributed by atoms with Gasteiger partial charge >= 0.3 is 0 Å². The minimum Gasteiger partial charge on any atom is -0.393 e. The van der Waals surface area contributed by atoms with Crippen LogP contribution in [0, 0.1) is 22.7 Å². The van der Waals surface area contributed by atoms with Crippen molar-refractivity contribution in [2.75, 3.05) is 6.54 Å². The number of nitrogens with one attached hydrogen (secondary N) is 1. The van der Waals surface area contributed by atoms with Crippen LogP contribution in [0.3, 0.4) is 0 Å². The molecule has 0 aromatic rings. The van der Waals surface area contributed by atoms with Gasteiger partial charge in [0.2, 0.25) is 5.91 Å². The van der Waals surface area contributed by atoms with Gasteiger partial charge in [-0.25, -0.2) is 0 Å². The Labute approximate surface area is 96.6 Å². The van der Waals surface area contributed by atoms with Gasteiger partial charge in [-0.1, -0.05) is 13.8 Å². The molecule has 2 N–H and O–H groups in total. The standard InChI is InChI=1S/C12H20N2O2/c1-3-12(4-2,8-13)11(16)14-7-9-5-10(15)6-9/h9-10,15H,3-7H2,1-2H3,(H,14,16). The third kappa shape index (κ3) is 2.53. The van der Waals surface area contributed by atoms with Gasteiger partial charge in [0.25, 0.3) is 0 Å². The summed E-state index contributed by atoms with van der Waals surface area (Å²) in [5.41, 5.74) is -0.873. The fourth-order valence-corrected chi connectivity index (χ4v) is 2.05. The number of aliphatic hydroxyl groups is 1. The maximum atomic E-state index is 11.9. The zero-order valence-electron chi connectivity index (χ0n) is 9.99. The van der Waals surface area contributed by atoms with Crippen LogP contribution >= 0.6 is 0 Å². The van der Waals surface area contributed by atoms with Crippen molar-refractivity contribution in [2.24, 2.45) is 11.3 Å². The molecular weight excluding hydrogens is 204 g/mol. The maximum absolute atomic E-state index is 11.9. The van der Waals surface area contributed by atoms with Gasteiger partial charge in [-0.2, -0.15) is 5.26 Å². The topological polar surface area (TPSA) is 73.1 Å². The fraction of sp³-hybridized carbons (Fsp3) is 0.833. The second-order valence-corrected chi connectivity index (χ2v) is 4.60. The molecule has 0 aromatic carbocycles. The molecule has 1 amide bonds. The van der Waals surface area contributed by atoms with Gasteiger partial charge in [0.15, 0.2) is 0 Å². The lowest BCUT2D eigenvalue weighted by Gasteiger charge is -2.32. The van der Waals surface area contributed by atoms with Gasteiger partial charge in [-0.3, -0.25) is 4.79 Å². The molecule has 0 unspecified atom stereocenters. The highest BCUT2D eigenvalue weighted by molar-refractivity contribution is 5.85. The summed E-state index contributed by atoms with van der Waals surface area (Å²) < 4.78 is 0. The van der Waals surface area contributed by atoms with E-state index in [1.807, 2.05) is 13.8 Å². The Morgan fingerprint density at radius 3 is 2.44 bits per heavy atom. The lowest BCUT2D eigenvalue weighted by molar-refractivity contribution is -0.129. The molecule has 1 aliphatic rings. The zero-order valence-corrected chi connectivity index (χ0v) is 9.99. The summed E-state index contributed by atoms with van der Waals surface area (Å²) in [6, 6.07) is 2.12. The van der Waals surface area contributed by atoms with Crippen LogP contribution in [0.1, 0.15) is 39.5 Å². The highest BCUT2D eigenvalue weighted by Crippen LogP contribution is 2.28. The van der Waals surface area contributed by atoms with Gasteiger partial charge in [0.05, 0.1) is 12.2 Å². The van der Waals surface area contributed by atoms with Crippen LogP contribution in [-0.2, 0) is 4.79 Å². The van der Waals surface area contributed by atoms with Crippen molar-refractivity contribution >= 4 is 5.91 Å². The first-order valence-electron chi connectivity index (χ1n) is 5.95. The average Bonchev–Trinajstić information content (AvgIpc) is 2.26. The zero-order chi connectivity index (χ0) is 12.2. The van der Waals surface area contributed by atoms with E-state index in [0.29, 0.717) is 25.3 Å². The molecule has 0 saturated heterocycles. The van der Waals surface area contributed by atoms with Crippen molar-refractivity contribution in [1.29, 1.82) is 5.26 Å². The van der Waals surface area contributed by atoms with Crippen molar-refractivity contribution in [3.8, 4) is 6.07 Å². The van der Waals surface area contributed by atoms with Crippen LogP contribution < -0.4 is 5.32 Å². The Bertz CT molecular complexity index is 286. The van der Waals surface area contributed by atoms with E-state index in [-0.39, 0.29) is 12.0 Å². The van der Waals surface area contributed by atoms with E-state index in [0.717, 1.165) is 12.8 Å². The molecular formula is C12H20N2O2. The molecule has 1 aliphatic carbocycles. The lowest BCUT2D eigenvalue weighted by atomic mass is 9.80. The van der Waals surface area contributed by atoms with Gasteiger partial charge in [-0.15, -0.1) is 0 Å². The Hall–Kier alpha value is -1.08. The van der Waals surface area contributed by atoms with E-state index in [2.05, 4.69) is 11.4 Å². The van der Waals surface area contributed by atoms with Crippen LogP contribution in [0.5, 0.6) is 0 Å². The Balaban J connectivity index is 2.41. The molecule has 90 valence electrons. The molecule has 1 saturated carbocycles. The maximum Gasteiger partial charge on any atom is 0.240 e. The van der Waals surface area contributed by atoms with E-state index in [1.165, 1.54) is 0 Å². The molecule has 4 nitrogen and oxygen atoms in total. The molecule has 1 fully saturated rings. The minimum absolute atomic E-state index is 0.165. The summed E-state index contributed by atoms with van der Waals surface area (Å²) >= 11 is 0. The molecule has 16 heavy (non-hydrogen) atoms. The molecule has 0 spiro atoms. The van der Waals surface area contributed by atoms with E-state index < -0.39 is 5.41 Å². The number of carbonyl (C=O) groups is 1.